The summed E-state index contributed by atoms with van der Waals surface area (Å²) >= 11 is 0. The molecule has 4 nitrogen and oxygen atoms in total. The molecule has 0 saturated carbocycles. The van der Waals surface area contributed by atoms with Crippen LogP contribution in [0.1, 0.15) is 21.5 Å². The lowest BCUT2D eigenvalue weighted by Gasteiger charge is -2.09. The summed E-state index contributed by atoms with van der Waals surface area (Å²) in [6, 6.07) is 12.6. The molecule has 0 aliphatic carbocycles. The maximum absolute atomic E-state index is 12.0. The van der Waals surface area contributed by atoms with Crippen LogP contribution in [0.15, 0.2) is 42.5 Å². The van der Waals surface area contributed by atoms with Crippen LogP contribution in [0.5, 0.6) is 5.75 Å². The molecule has 0 fully saturated rings. The van der Waals surface area contributed by atoms with Crippen LogP contribution in [0.2, 0.25) is 0 Å². The number of nitrogen functional groups attached to an aromatic ring is 1. The van der Waals surface area contributed by atoms with Crippen molar-refractivity contribution in [1.29, 1.82) is 0 Å². The molecule has 0 aromatic heterocycles. The molecule has 0 aliphatic rings. The zero-order valence-electron chi connectivity index (χ0n) is 11.6. The molecular formula is C16H17NO3. The summed E-state index contributed by atoms with van der Waals surface area (Å²) in [5.74, 6) is 0.358. The lowest BCUT2D eigenvalue weighted by atomic mass is 10.1. The van der Waals surface area contributed by atoms with Gasteiger partial charge in [0.2, 0.25) is 0 Å². The fourth-order valence-corrected chi connectivity index (χ4v) is 1.86. The number of hydrogen-bond acceptors (Lipinski definition) is 4. The van der Waals surface area contributed by atoms with Crippen LogP contribution in [-0.2, 0) is 11.3 Å². The Kier molecular flexibility index (Phi) is 4.25. The summed E-state index contributed by atoms with van der Waals surface area (Å²) in [6.45, 7) is 2.00. The Morgan fingerprint density at radius 2 is 1.95 bits per heavy atom. The second-order valence-corrected chi connectivity index (χ2v) is 4.45. The zero-order chi connectivity index (χ0) is 14.5. The molecule has 0 spiro atoms. The molecule has 4 heteroatoms. The molecule has 0 radical (unpaired) electrons. The molecule has 0 heterocycles. The van der Waals surface area contributed by atoms with Crippen molar-refractivity contribution in [2.24, 2.45) is 0 Å². The van der Waals surface area contributed by atoms with Crippen molar-refractivity contribution in [2.45, 2.75) is 13.5 Å². The maximum atomic E-state index is 12.0. The van der Waals surface area contributed by atoms with E-state index in [4.69, 9.17) is 15.2 Å². The van der Waals surface area contributed by atoms with Gasteiger partial charge in [-0.2, -0.15) is 0 Å². The Bertz CT molecular complexity index is 623. The van der Waals surface area contributed by atoms with Crippen LogP contribution in [-0.4, -0.2) is 13.1 Å². The van der Waals surface area contributed by atoms with Crippen LogP contribution in [0.25, 0.3) is 0 Å². The number of carbonyl (C=O) groups is 1. The van der Waals surface area contributed by atoms with Gasteiger partial charge in [-0.1, -0.05) is 18.2 Å². The second kappa shape index (κ2) is 6.10. The minimum Gasteiger partial charge on any atom is -0.497 e. The average Bonchev–Trinajstić information content (AvgIpc) is 2.48. The van der Waals surface area contributed by atoms with Crippen molar-refractivity contribution in [3.05, 3.63) is 59.2 Å². The fraction of sp³-hybridized carbons (Fsp3) is 0.188. The second-order valence-electron chi connectivity index (χ2n) is 4.45. The van der Waals surface area contributed by atoms with Gasteiger partial charge < -0.3 is 15.2 Å². The van der Waals surface area contributed by atoms with E-state index in [2.05, 4.69) is 0 Å². The van der Waals surface area contributed by atoms with E-state index in [1.54, 1.807) is 32.2 Å². The summed E-state index contributed by atoms with van der Waals surface area (Å²) in [5.41, 5.74) is 8.47. The number of carbonyl (C=O) groups excluding carboxylic acids is 1. The van der Waals surface area contributed by atoms with E-state index >= 15 is 0 Å². The van der Waals surface area contributed by atoms with Crippen molar-refractivity contribution in [1.82, 2.24) is 0 Å². The number of anilines is 1. The quantitative estimate of drug-likeness (QED) is 0.686. The van der Waals surface area contributed by atoms with E-state index < -0.39 is 0 Å². The van der Waals surface area contributed by atoms with Crippen molar-refractivity contribution in [3.63, 3.8) is 0 Å². The van der Waals surface area contributed by atoms with Gasteiger partial charge in [0.1, 0.15) is 12.4 Å². The first-order valence-electron chi connectivity index (χ1n) is 6.27. The third-order valence-electron chi connectivity index (χ3n) is 3.10. The SMILES string of the molecule is COc1cccc(COC(=O)c2cccc(N)c2C)c1. The minimum absolute atomic E-state index is 0.199. The summed E-state index contributed by atoms with van der Waals surface area (Å²) < 4.78 is 10.4. The highest BCUT2D eigenvalue weighted by atomic mass is 16.5. The zero-order valence-corrected chi connectivity index (χ0v) is 11.6. The third kappa shape index (κ3) is 3.09. The van der Waals surface area contributed by atoms with Crippen molar-refractivity contribution < 1.29 is 14.3 Å². The van der Waals surface area contributed by atoms with Gasteiger partial charge in [0.25, 0.3) is 0 Å². The van der Waals surface area contributed by atoms with E-state index in [-0.39, 0.29) is 12.6 Å². The summed E-state index contributed by atoms with van der Waals surface area (Å²) in [5, 5.41) is 0. The van der Waals surface area contributed by atoms with Gasteiger partial charge in [-0.3, -0.25) is 0 Å². The molecular weight excluding hydrogens is 254 g/mol. The van der Waals surface area contributed by atoms with Gasteiger partial charge >= 0.3 is 5.97 Å². The van der Waals surface area contributed by atoms with E-state index in [1.807, 2.05) is 24.3 Å². The number of nitrogens with two attached hydrogens (primary N) is 1. The molecule has 0 aliphatic heterocycles. The smallest absolute Gasteiger partial charge is 0.338 e. The van der Waals surface area contributed by atoms with Gasteiger partial charge in [0.15, 0.2) is 0 Å². The van der Waals surface area contributed by atoms with Crippen LogP contribution in [0.4, 0.5) is 5.69 Å². The Labute approximate surface area is 118 Å². The molecule has 104 valence electrons. The molecule has 0 bridgehead atoms. The van der Waals surface area contributed by atoms with E-state index in [0.717, 1.165) is 16.9 Å². The van der Waals surface area contributed by atoms with Gasteiger partial charge in [0.05, 0.1) is 12.7 Å². The lowest BCUT2D eigenvalue weighted by molar-refractivity contribution is 0.0471. The maximum Gasteiger partial charge on any atom is 0.338 e. The fourth-order valence-electron chi connectivity index (χ4n) is 1.86. The number of benzene rings is 2. The Hall–Kier alpha value is -2.49. The van der Waals surface area contributed by atoms with E-state index in [0.29, 0.717) is 11.3 Å². The van der Waals surface area contributed by atoms with Crippen LogP contribution in [0, 0.1) is 6.92 Å². The number of methoxy groups -OCH3 is 1. The highest BCUT2D eigenvalue weighted by Gasteiger charge is 2.12. The van der Waals surface area contributed by atoms with Crippen molar-refractivity contribution in [2.75, 3.05) is 12.8 Å². The normalized spacial score (nSPS) is 10.1. The van der Waals surface area contributed by atoms with Gasteiger partial charge in [-0.15, -0.1) is 0 Å². The lowest BCUT2D eigenvalue weighted by Crippen LogP contribution is -2.08. The largest absolute Gasteiger partial charge is 0.497 e. The molecule has 0 atom stereocenters. The molecule has 0 unspecified atom stereocenters. The first-order chi connectivity index (χ1) is 9.61. The highest BCUT2D eigenvalue weighted by Crippen LogP contribution is 2.18. The predicted molar refractivity (Wildman–Crippen MR) is 77.7 cm³/mol. The molecule has 0 saturated heterocycles. The molecule has 2 N–H and O–H groups in total. The van der Waals surface area contributed by atoms with Crippen molar-refractivity contribution in [3.8, 4) is 5.75 Å². The molecule has 2 rings (SSSR count). The average molecular weight is 271 g/mol. The van der Waals surface area contributed by atoms with Crippen LogP contribution >= 0.6 is 0 Å². The number of ether oxygens (including phenoxy) is 2. The first kappa shape index (κ1) is 13.9. The van der Waals surface area contributed by atoms with Gasteiger partial charge in [0, 0.05) is 5.69 Å². The minimum atomic E-state index is -0.377. The Morgan fingerprint density at radius 1 is 1.20 bits per heavy atom. The molecule has 2 aromatic carbocycles. The molecule has 20 heavy (non-hydrogen) atoms. The summed E-state index contributed by atoms with van der Waals surface area (Å²) in [7, 11) is 1.60. The molecule has 2 aromatic rings. The van der Waals surface area contributed by atoms with Crippen molar-refractivity contribution >= 4 is 11.7 Å². The third-order valence-corrected chi connectivity index (χ3v) is 3.10. The standard InChI is InChI=1S/C16H17NO3/c1-11-14(7-4-8-15(11)17)16(18)20-10-12-5-3-6-13(9-12)19-2/h3-9H,10,17H2,1-2H3. The first-order valence-corrected chi connectivity index (χ1v) is 6.27. The van der Waals surface area contributed by atoms with Crippen LogP contribution in [0.3, 0.4) is 0 Å². The Balaban J connectivity index is 2.06. The summed E-state index contributed by atoms with van der Waals surface area (Å²) in [6.07, 6.45) is 0. The van der Waals surface area contributed by atoms with E-state index in [1.165, 1.54) is 0 Å². The van der Waals surface area contributed by atoms with E-state index in [9.17, 15) is 4.79 Å². The van der Waals surface area contributed by atoms with Gasteiger partial charge in [-0.25, -0.2) is 4.79 Å². The topological polar surface area (TPSA) is 61.5 Å². The Morgan fingerprint density at radius 3 is 2.70 bits per heavy atom. The van der Waals surface area contributed by atoms with Gasteiger partial charge in [-0.05, 0) is 42.3 Å². The molecule has 0 amide bonds. The summed E-state index contributed by atoms with van der Waals surface area (Å²) in [4.78, 5) is 12.0. The predicted octanol–water partition coefficient (Wildman–Crippen LogP) is 2.94. The highest BCUT2D eigenvalue weighted by molar-refractivity contribution is 5.92. The number of hydrogen-bond donors (Lipinski definition) is 1. The van der Waals surface area contributed by atoms with Crippen LogP contribution < -0.4 is 10.5 Å². The number of esters is 1. The monoisotopic (exact) mass is 271 g/mol. The number of rotatable bonds is 4.